The summed E-state index contributed by atoms with van der Waals surface area (Å²) < 4.78 is 44.0. The summed E-state index contributed by atoms with van der Waals surface area (Å²) in [4.78, 5) is 29.3. The zero-order chi connectivity index (χ0) is 31.9. The molecular weight excluding hydrogens is 601 g/mol. The van der Waals surface area contributed by atoms with E-state index in [0.717, 1.165) is 15.4 Å². The summed E-state index contributed by atoms with van der Waals surface area (Å²) in [5.74, 6) is -1.67. The predicted molar refractivity (Wildman–Crippen MR) is 171 cm³/mol. The van der Waals surface area contributed by atoms with Gasteiger partial charge in [0.2, 0.25) is 11.8 Å². The fraction of sp³-hybridized carbons (Fsp3) is 0.235. The van der Waals surface area contributed by atoms with Crippen LogP contribution in [0.2, 0.25) is 5.02 Å². The molecular formula is C34H35ClFN3O4S. The Morgan fingerprint density at radius 3 is 2.09 bits per heavy atom. The van der Waals surface area contributed by atoms with Crippen LogP contribution in [0, 0.1) is 12.7 Å². The second kappa shape index (κ2) is 14.5. The van der Waals surface area contributed by atoms with Gasteiger partial charge in [0.15, 0.2) is 0 Å². The van der Waals surface area contributed by atoms with Crippen LogP contribution in [0.3, 0.4) is 0 Å². The van der Waals surface area contributed by atoms with Crippen LogP contribution in [0.4, 0.5) is 10.1 Å². The van der Waals surface area contributed by atoms with Crippen LogP contribution < -0.4 is 9.62 Å². The van der Waals surface area contributed by atoms with Gasteiger partial charge < -0.3 is 10.2 Å². The van der Waals surface area contributed by atoms with E-state index in [9.17, 15) is 22.4 Å². The third kappa shape index (κ3) is 8.24. The SMILES string of the molecule is Cc1ccc(S(=O)(=O)N(CC(=O)N(Cc2ccccc2F)[C@H](Cc2ccccc2)C(=O)NC(C)C)c2ccc(Cl)cc2)cc1. The number of nitrogens with zero attached hydrogens (tertiary/aromatic N) is 2. The van der Waals surface area contributed by atoms with Crippen LogP contribution in [0.1, 0.15) is 30.5 Å². The predicted octanol–water partition coefficient (Wildman–Crippen LogP) is 6.15. The third-order valence-corrected chi connectivity index (χ3v) is 9.04. The number of rotatable bonds is 12. The number of nitrogens with one attached hydrogen (secondary N) is 1. The smallest absolute Gasteiger partial charge is 0.264 e. The average Bonchev–Trinajstić information content (AvgIpc) is 2.99. The molecule has 0 saturated carbocycles. The molecule has 0 radical (unpaired) electrons. The molecule has 0 unspecified atom stereocenters. The highest BCUT2D eigenvalue weighted by Gasteiger charge is 2.35. The van der Waals surface area contributed by atoms with Crippen LogP contribution in [0.5, 0.6) is 0 Å². The van der Waals surface area contributed by atoms with E-state index in [1.165, 1.54) is 59.5 Å². The van der Waals surface area contributed by atoms with E-state index < -0.39 is 40.2 Å². The highest BCUT2D eigenvalue weighted by molar-refractivity contribution is 7.92. The Morgan fingerprint density at radius 1 is 0.864 bits per heavy atom. The molecule has 0 saturated heterocycles. The standard InChI is InChI=1S/C34H35ClFN3O4S/c1-24(2)37-34(41)32(21-26-9-5-4-6-10-26)38(22-27-11-7-8-12-31(27)36)33(40)23-39(29-17-15-28(35)16-18-29)44(42,43)30-19-13-25(3)14-20-30/h4-20,24,32H,21-23H2,1-3H3,(H,37,41)/t32-/m1/s1. The van der Waals surface area contributed by atoms with Crippen molar-refractivity contribution in [2.24, 2.45) is 0 Å². The molecule has 4 aromatic rings. The van der Waals surface area contributed by atoms with E-state index in [1.54, 1.807) is 32.0 Å². The number of amides is 2. The Morgan fingerprint density at radius 2 is 1.48 bits per heavy atom. The Kier molecular flexibility index (Phi) is 10.8. The number of benzene rings is 4. The molecule has 0 aliphatic heterocycles. The summed E-state index contributed by atoms with van der Waals surface area (Å²) in [7, 11) is -4.25. The largest absolute Gasteiger partial charge is 0.352 e. The zero-order valence-corrected chi connectivity index (χ0v) is 26.4. The first-order valence-corrected chi connectivity index (χ1v) is 16.0. The van der Waals surface area contributed by atoms with Crippen LogP contribution in [-0.4, -0.2) is 43.8 Å². The van der Waals surface area contributed by atoms with Gasteiger partial charge >= 0.3 is 0 Å². The number of carbonyl (C=O) groups is 2. The molecule has 0 aliphatic rings. The minimum absolute atomic E-state index is 0.00936. The molecule has 0 aliphatic carbocycles. The van der Waals surface area contributed by atoms with E-state index in [0.29, 0.717) is 5.02 Å². The number of hydrogen-bond donors (Lipinski definition) is 1. The van der Waals surface area contributed by atoms with Gasteiger partial charge in [0.1, 0.15) is 18.4 Å². The van der Waals surface area contributed by atoms with Crippen molar-refractivity contribution in [1.82, 2.24) is 10.2 Å². The Labute approximate surface area is 263 Å². The summed E-state index contributed by atoms with van der Waals surface area (Å²) in [6.07, 6.45) is 0.130. The zero-order valence-electron chi connectivity index (χ0n) is 24.8. The minimum atomic E-state index is -4.25. The fourth-order valence-electron chi connectivity index (χ4n) is 4.72. The fourth-order valence-corrected chi connectivity index (χ4v) is 6.26. The van der Waals surface area contributed by atoms with E-state index in [4.69, 9.17) is 11.6 Å². The van der Waals surface area contributed by atoms with Gasteiger partial charge in [0.25, 0.3) is 10.0 Å². The molecule has 2 amide bonds. The number of carbonyl (C=O) groups excluding carboxylic acids is 2. The Bertz CT molecular complexity index is 1680. The number of aryl methyl sites for hydroxylation is 1. The number of hydrogen-bond acceptors (Lipinski definition) is 4. The molecule has 4 aromatic carbocycles. The van der Waals surface area contributed by atoms with E-state index in [-0.39, 0.29) is 35.2 Å². The normalized spacial score (nSPS) is 12.0. The van der Waals surface area contributed by atoms with Crippen molar-refractivity contribution in [2.45, 2.75) is 50.7 Å². The van der Waals surface area contributed by atoms with E-state index in [1.807, 2.05) is 37.3 Å². The van der Waals surface area contributed by atoms with Crippen molar-refractivity contribution in [2.75, 3.05) is 10.8 Å². The van der Waals surface area contributed by atoms with Crippen molar-refractivity contribution in [1.29, 1.82) is 0 Å². The first-order chi connectivity index (χ1) is 21.0. The van der Waals surface area contributed by atoms with Gasteiger partial charge in [-0.2, -0.15) is 0 Å². The van der Waals surface area contributed by atoms with Gasteiger partial charge in [0, 0.05) is 29.6 Å². The molecule has 1 N–H and O–H groups in total. The van der Waals surface area contributed by atoms with Crippen molar-refractivity contribution in [3.05, 3.63) is 131 Å². The molecule has 0 fully saturated rings. The molecule has 10 heteroatoms. The maximum atomic E-state index is 15.0. The maximum Gasteiger partial charge on any atom is 0.264 e. The molecule has 1 atom stereocenters. The third-order valence-electron chi connectivity index (χ3n) is 7.00. The van der Waals surface area contributed by atoms with Crippen molar-refractivity contribution >= 4 is 39.1 Å². The van der Waals surface area contributed by atoms with Crippen LogP contribution in [-0.2, 0) is 32.6 Å². The molecule has 0 heterocycles. The second-order valence-corrected chi connectivity index (χ2v) is 13.1. The van der Waals surface area contributed by atoms with Gasteiger partial charge in [-0.15, -0.1) is 0 Å². The van der Waals surface area contributed by atoms with Gasteiger partial charge in [-0.05, 0) is 68.8 Å². The lowest BCUT2D eigenvalue weighted by molar-refractivity contribution is -0.140. The molecule has 0 bridgehead atoms. The molecule has 0 aromatic heterocycles. The number of anilines is 1. The second-order valence-electron chi connectivity index (χ2n) is 10.8. The minimum Gasteiger partial charge on any atom is -0.352 e. The Balaban J connectivity index is 1.81. The number of sulfonamides is 1. The lowest BCUT2D eigenvalue weighted by Gasteiger charge is -2.34. The van der Waals surface area contributed by atoms with Crippen LogP contribution >= 0.6 is 11.6 Å². The lowest BCUT2D eigenvalue weighted by atomic mass is 10.0. The average molecular weight is 636 g/mol. The summed E-state index contributed by atoms with van der Waals surface area (Å²) in [5.41, 5.74) is 2.05. The summed E-state index contributed by atoms with van der Waals surface area (Å²) in [5, 5.41) is 3.27. The van der Waals surface area contributed by atoms with Crippen LogP contribution in [0.15, 0.2) is 108 Å². The monoisotopic (exact) mass is 635 g/mol. The number of halogens is 2. The Hall–Kier alpha value is -4.21. The molecule has 44 heavy (non-hydrogen) atoms. The summed E-state index contributed by atoms with van der Waals surface area (Å²) in [6.45, 7) is 4.54. The maximum absolute atomic E-state index is 15.0. The quantitative estimate of drug-likeness (QED) is 0.202. The van der Waals surface area contributed by atoms with Crippen molar-refractivity contribution < 1.29 is 22.4 Å². The van der Waals surface area contributed by atoms with Crippen LogP contribution in [0.25, 0.3) is 0 Å². The van der Waals surface area contributed by atoms with Gasteiger partial charge in [0.05, 0.1) is 10.6 Å². The van der Waals surface area contributed by atoms with Crippen molar-refractivity contribution in [3.8, 4) is 0 Å². The first kappa shape index (κ1) is 32.7. The molecule has 4 rings (SSSR count). The highest BCUT2D eigenvalue weighted by atomic mass is 35.5. The topological polar surface area (TPSA) is 86.8 Å². The highest BCUT2D eigenvalue weighted by Crippen LogP contribution is 2.27. The summed E-state index contributed by atoms with van der Waals surface area (Å²) in [6, 6.07) is 26.2. The molecule has 7 nitrogen and oxygen atoms in total. The first-order valence-electron chi connectivity index (χ1n) is 14.2. The van der Waals surface area contributed by atoms with E-state index >= 15 is 0 Å². The van der Waals surface area contributed by atoms with Crippen molar-refractivity contribution in [3.63, 3.8) is 0 Å². The van der Waals surface area contributed by atoms with Gasteiger partial charge in [-0.1, -0.05) is 77.8 Å². The van der Waals surface area contributed by atoms with E-state index in [2.05, 4.69) is 5.32 Å². The van der Waals surface area contributed by atoms with Gasteiger partial charge in [-0.25, -0.2) is 12.8 Å². The molecule has 230 valence electrons. The van der Waals surface area contributed by atoms with Gasteiger partial charge in [-0.3, -0.25) is 13.9 Å². The summed E-state index contributed by atoms with van der Waals surface area (Å²) >= 11 is 6.10. The lowest BCUT2D eigenvalue weighted by Crippen LogP contribution is -2.54. The molecule has 0 spiro atoms.